The van der Waals surface area contributed by atoms with E-state index in [2.05, 4.69) is 0 Å². The molecule has 0 fully saturated rings. The molecule has 1 aliphatic rings. The average Bonchev–Trinajstić information content (AvgIpc) is 2.67. The maximum atomic E-state index is 12.7. The first kappa shape index (κ1) is 17.7. The minimum Gasteiger partial charge on any atom is -0.483 e. The smallest absolute Gasteiger partial charge is 0.265 e. The van der Waals surface area contributed by atoms with Crippen molar-refractivity contribution in [3.8, 4) is 11.5 Å². The van der Waals surface area contributed by atoms with Crippen LogP contribution in [0.4, 0.5) is 5.69 Å². The van der Waals surface area contributed by atoms with Gasteiger partial charge in [-0.25, -0.2) is 0 Å². The van der Waals surface area contributed by atoms with Crippen molar-refractivity contribution in [3.63, 3.8) is 0 Å². The fourth-order valence-electron chi connectivity index (χ4n) is 2.82. The Bertz CT molecular complexity index is 844. The molecule has 2 aromatic carbocycles. The maximum Gasteiger partial charge on any atom is 0.265 e. The highest BCUT2D eigenvalue weighted by Gasteiger charge is 2.26. The highest BCUT2D eigenvalue weighted by atomic mass is 16.5. The van der Waals surface area contributed by atoms with Crippen LogP contribution in [0.25, 0.3) is 0 Å². The Morgan fingerprint density at radius 3 is 2.65 bits per heavy atom. The summed E-state index contributed by atoms with van der Waals surface area (Å²) in [7, 11) is 0. The number of fused-ring (bicyclic) bond motifs is 1. The Labute approximate surface area is 151 Å². The first-order valence-corrected chi connectivity index (χ1v) is 8.36. The number of aldehydes is 1. The molecule has 1 aliphatic heterocycles. The van der Waals surface area contributed by atoms with Gasteiger partial charge in [-0.1, -0.05) is 0 Å². The quantitative estimate of drug-likeness (QED) is 0.590. The number of ether oxygens (including phenoxy) is 2. The van der Waals surface area contributed by atoms with Gasteiger partial charge in [-0.2, -0.15) is 0 Å². The predicted molar refractivity (Wildman–Crippen MR) is 96.2 cm³/mol. The van der Waals surface area contributed by atoms with Crippen LogP contribution in [0.2, 0.25) is 0 Å². The second-order valence-corrected chi connectivity index (χ2v) is 5.92. The highest BCUT2D eigenvalue weighted by molar-refractivity contribution is 6.03. The monoisotopic (exact) mass is 353 g/mol. The van der Waals surface area contributed by atoms with E-state index in [0.717, 1.165) is 6.29 Å². The van der Waals surface area contributed by atoms with Crippen LogP contribution in [0.3, 0.4) is 0 Å². The van der Waals surface area contributed by atoms with Crippen molar-refractivity contribution in [2.45, 2.75) is 20.0 Å². The number of benzene rings is 2. The van der Waals surface area contributed by atoms with Gasteiger partial charge in [0.1, 0.15) is 17.8 Å². The van der Waals surface area contributed by atoms with Crippen molar-refractivity contribution in [3.05, 3.63) is 53.6 Å². The Hall–Kier alpha value is -3.15. The Morgan fingerprint density at radius 1 is 1.27 bits per heavy atom. The van der Waals surface area contributed by atoms with Gasteiger partial charge in [0.05, 0.1) is 5.69 Å². The summed E-state index contributed by atoms with van der Waals surface area (Å²) in [6, 6.07) is 11.6. The maximum absolute atomic E-state index is 12.7. The lowest BCUT2D eigenvalue weighted by atomic mass is 10.0. The molecule has 0 aliphatic carbocycles. The molecule has 1 amide bonds. The molecular weight excluding hydrogens is 334 g/mol. The van der Waals surface area contributed by atoms with Crippen LogP contribution in [0.15, 0.2) is 42.5 Å². The topological polar surface area (TPSA) is 72.9 Å². The van der Waals surface area contributed by atoms with Gasteiger partial charge in [-0.05, 0) is 56.3 Å². The summed E-state index contributed by atoms with van der Waals surface area (Å²) in [6.45, 7) is 4.04. The van der Waals surface area contributed by atoms with Crippen molar-refractivity contribution < 1.29 is 23.9 Å². The number of hydrogen-bond acceptors (Lipinski definition) is 5. The largest absolute Gasteiger partial charge is 0.483 e. The molecule has 1 atom stereocenters. The molecule has 3 rings (SSSR count). The molecule has 0 spiro atoms. The van der Waals surface area contributed by atoms with E-state index in [1.54, 1.807) is 54.3 Å². The minimum atomic E-state index is -0.717. The summed E-state index contributed by atoms with van der Waals surface area (Å²) in [6.07, 6.45) is 0.0272. The number of carbonyl (C=O) groups is 3. The van der Waals surface area contributed by atoms with Gasteiger partial charge in [0.15, 0.2) is 12.7 Å². The molecule has 1 heterocycles. The van der Waals surface area contributed by atoms with Crippen LogP contribution in [-0.4, -0.2) is 37.2 Å². The molecule has 6 heteroatoms. The van der Waals surface area contributed by atoms with E-state index in [4.69, 9.17) is 9.47 Å². The van der Waals surface area contributed by atoms with Gasteiger partial charge >= 0.3 is 0 Å². The van der Waals surface area contributed by atoms with E-state index in [1.807, 2.05) is 6.92 Å². The molecule has 0 saturated carbocycles. The van der Waals surface area contributed by atoms with Crippen LogP contribution in [0.1, 0.15) is 34.6 Å². The van der Waals surface area contributed by atoms with E-state index in [0.29, 0.717) is 34.9 Å². The highest BCUT2D eigenvalue weighted by Crippen LogP contribution is 2.33. The SMILES string of the molecule is CCN1C(=O)COc2ccc(C(=O)C(C)Oc3ccc(C=O)cc3)cc21. The van der Waals surface area contributed by atoms with Crippen LogP contribution in [-0.2, 0) is 4.79 Å². The summed E-state index contributed by atoms with van der Waals surface area (Å²) in [4.78, 5) is 37.0. The molecule has 26 heavy (non-hydrogen) atoms. The van der Waals surface area contributed by atoms with Gasteiger partial charge in [0.25, 0.3) is 5.91 Å². The van der Waals surface area contributed by atoms with Gasteiger partial charge < -0.3 is 14.4 Å². The zero-order valence-corrected chi connectivity index (χ0v) is 14.6. The average molecular weight is 353 g/mol. The lowest BCUT2D eigenvalue weighted by Gasteiger charge is -2.28. The summed E-state index contributed by atoms with van der Waals surface area (Å²) >= 11 is 0. The van der Waals surface area contributed by atoms with Gasteiger partial charge in [-0.3, -0.25) is 14.4 Å². The molecule has 134 valence electrons. The van der Waals surface area contributed by atoms with Crippen LogP contribution in [0.5, 0.6) is 11.5 Å². The van der Waals surface area contributed by atoms with E-state index in [9.17, 15) is 14.4 Å². The summed E-state index contributed by atoms with van der Waals surface area (Å²) in [5.74, 6) is 0.745. The first-order valence-electron chi connectivity index (χ1n) is 8.36. The Morgan fingerprint density at radius 2 is 2.00 bits per heavy atom. The third-order valence-electron chi connectivity index (χ3n) is 4.20. The molecule has 6 nitrogen and oxygen atoms in total. The van der Waals surface area contributed by atoms with Crippen molar-refractivity contribution in [2.75, 3.05) is 18.1 Å². The molecule has 0 saturated heterocycles. The Balaban J connectivity index is 1.79. The van der Waals surface area contributed by atoms with Crippen LogP contribution < -0.4 is 14.4 Å². The second-order valence-electron chi connectivity index (χ2n) is 5.92. The molecule has 0 radical (unpaired) electrons. The van der Waals surface area contributed by atoms with Gasteiger partial charge in [0, 0.05) is 17.7 Å². The van der Waals surface area contributed by atoms with Crippen molar-refractivity contribution in [2.24, 2.45) is 0 Å². The zero-order chi connectivity index (χ0) is 18.7. The van der Waals surface area contributed by atoms with Crippen LogP contribution in [0, 0.1) is 0 Å². The van der Waals surface area contributed by atoms with Crippen LogP contribution >= 0.6 is 0 Å². The number of nitrogens with zero attached hydrogens (tertiary/aromatic N) is 1. The molecule has 1 unspecified atom stereocenters. The first-order chi connectivity index (χ1) is 12.5. The number of rotatable bonds is 6. The lowest BCUT2D eigenvalue weighted by molar-refractivity contribution is -0.121. The Kier molecular flexibility index (Phi) is 5.02. The number of Topliss-reactive ketones (excluding diaryl/α,β-unsaturated/α-hetero) is 1. The number of carbonyl (C=O) groups excluding carboxylic acids is 3. The number of hydrogen-bond donors (Lipinski definition) is 0. The molecular formula is C20H19NO5. The number of amides is 1. The van der Waals surface area contributed by atoms with E-state index >= 15 is 0 Å². The standard InChI is InChI=1S/C20H19NO5/c1-3-21-17-10-15(6-9-18(17)25-12-19(21)23)20(24)13(2)26-16-7-4-14(11-22)5-8-16/h4-11,13H,3,12H2,1-2H3. The third-order valence-corrected chi connectivity index (χ3v) is 4.20. The zero-order valence-electron chi connectivity index (χ0n) is 14.6. The molecule has 2 aromatic rings. The van der Waals surface area contributed by atoms with Crippen molar-refractivity contribution >= 4 is 23.7 Å². The number of ketones is 1. The van der Waals surface area contributed by atoms with E-state index in [-0.39, 0.29) is 18.3 Å². The van der Waals surface area contributed by atoms with Crippen molar-refractivity contribution in [1.82, 2.24) is 0 Å². The molecule has 0 bridgehead atoms. The lowest BCUT2D eigenvalue weighted by Crippen LogP contribution is -2.38. The third kappa shape index (κ3) is 3.44. The summed E-state index contributed by atoms with van der Waals surface area (Å²) < 4.78 is 11.1. The minimum absolute atomic E-state index is 0.00440. The normalized spacial score (nSPS) is 14.2. The van der Waals surface area contributed by atoms with E-state index < -0.39 is 6.10 Å². The molecule has 0 aromatic heterocycles. The van der Waals surface area contributed by atoms with Gasteiger partial charge in [-0.15, -0.1) is 0 Å². The number of likely N-dealkylation sites (N-methyl/N-ethyl adjacent to an activating group) is 1. The predicted octanol–water partition coefficient (Wildman–Crippen LogP) is 2.89. The van der Waals surface area contributed by atoms with Gasteiger partial charge in [0.2, 0.25) is 5.78 Å². The second kappa shape index (κ2) is 7.39. The van der Waals surface area contributed by atoms with Crippen molar-refractivity contribution in [1.29, 1.82) is 0 Å². The summed E-state index contributed by atoms with van der Waals surface area (Å²) in [5, 5.41) is 0. The fraction of sp³-hybridized carbons (Fsp3) is 0.250. The fourth-order valence-corrected chi connectivity index (χ4v) is 2.82. The number of anilines is 1. The van der Waals surface area contributed by atoms with E-state index in [1.165, 1.54) is 0 Å². The molecule has 0 N–H and O–H groups in total. The summed E-state index contributed by atoms with van der Waals surface area (Å²) in [5.41, 5.74) is 1.57.